The number of rotatable bonds is 5. The lowest BCUT2D eigenvalue weighted by molar-refractivity contribution is -0.137. The predicted octanol–water partition coefficient (Wildman–Crippen LogP) is 4.20. The van der Waals surface area contributed by atoms with Gasteiger partial charge in [-0.1, -0.05) is 42.5 Å². The lowest BCUT2D eigenvalue weighted by Crippen LogP contribution is -2.37. The topological polar surface area (TPSA) is 50.4 Å². The lowest BCUT2D eigenvalue weighted by atomic mass is 10.1. The van der Waals surface area contributed by atoms with Crippen LogP contribution in [0.2, 0.25) is 0 Å². The highest BCUT2D eigenvalue weighted by Crippen LogP contribution is 2.30. The highest BCUT2D eigenvalue weighted by Gasteiger charge is 2.30. The van der Waals surface area contributed by atoms with Crippen molar-refractivity contribution >= 4 is 6.03 Å². The van der Waals surface area contributed by atoms with E-state index >= 15 is 0 Å². The van der Waals surface area contributed by atoms with Gasteiger partial charge in [0.15, 0.2) is 0 Å². The van der Waals surface area contributed by atoms with Crippen molar-refractivity contribution in [2.24, 2.45) is 0 Å². The van der Waals surface area contributed by atoms with Crippen LogP contribution in [0.3, 0.4) is 0 Å². The van der Waals surface area contributed by atoms with Crippen LogP contribution in [0.15, 0.2) is 54.6 Å². The third kappa shape index (κ3) is 5.27. The third-order valence-electron chi connectivity index (χ3n) is 3.31. The molecule has 0 heterocycles. The van der Waals surface area contributed by atoms with Crippen molar-refractivity contribution in [3.63, 3.8) is 0 Å². The second-order valence-corrected chi connectivity index (χ2v) is 5.19. The Morgan fingerprint density at radius 3 is 2.50 bits per heavy atom. The van der Waals surface area contributed by atoms with Crippen LogP contribution in [0.5, 0.6) is 0 Å². The SMILES string of the molecule is CC(NC(=O)NOCc1ccccc1)c1cccc(C(F)(F)F)c1. The summed E-state index contributed by atoms with van der Waals surface area (Å²) in [6.45, 7) is 1.78. The van der Waals surface area contributed by atoms with Crippen LogP contribution in [0, 0.1) is 0 Å². The molecule has 128 valence electrons. The predicted molar refractivity (Wildman–Crippen MR) is 82.8 cm³/mol. The molecular weight excluding hydrogens is 321 g/mol. The number of carbonyl (C=O) groups excluding carboxylic acids is 1. The summed E-state index contributed by atoms with van der Waals surface area (Å²) in [5.41, 5.74) is 2.68. The van der Waals surface area contributed by atoms with Gasteiger partial charge in [-0.15, -0.1) is 0 Å². The van der Waals surface area contributed by atoms with Crippen molar-refractivity contribution in [3.05, 3.63) is 71.3 Å². The van der Waals surface area contributed by atoms with E-state index in [9.17, 15) is 18.0 Å². The van der Waals surface area contributed by atoms with E-state index in [-0.39, 0.29) is 6.61 Å². The molecule has 0 saturated heterocycles. The van der Waals surface area contributed by atoms with E-state index < -0.39 is 23.8 Å². The number of urea groups is 1. The quantitative estimate of drug-likeness (QED) is 0.803. The molecule has 4 nitrogen and oxygen atoms in total. The zero-order valence-corrected chi connectivity index (χ0v) is 12.9. The Labute approximate surface area is 137 Å². The van der Waals surface area contributed by atoms with Gasteiger partial charge in [0.05, 0.1) is 18.2 Å². The summed E-state index contributed by atoms with van der Waals surface area (Å²) in [6, 6.07) is 12.8. The number of amides is 2. The second kappa shape index (κ2) is 7.83. The highest BCUT2D eigenvalue weighted by atomic mass is 19.4. The monoisotopic (exact) mass is 338 g/mol. The van der Waals surface area contributed by atoms with Gasteiger partial charge in [0.25, 0.3) is 0 Å². The molecule has 0 spiro atoms. The molecule has 0 radical (unpaired) electrons. The number of hydrogen-bond acceptors (Lipinski definition) is 2. The van der Waals surface area contributed by atoms with Gasteiger partial charge in [-0.25, -0.2) is 10.3 Å². The van der Waals surface area contributed by atoms with Gasteiger partial charge in [-0.05, 0) is 30.2 Å². The Balaban J connectivity index is 1.85. The molecule has 0 aromatic heterocycles. The molecule has 0 bridgehead atoms. The smallest absolute Gasteiger partial charge is 0.330 e. The Bertz CT molecular complexity index is 675. The van der Waals surface area contributed by atoms with E-state index in [1.807, 2.05) is 30.3 Å². The zero-order chi connectivity index (χ0) is 17.6. The molecule has 0 aliphatic heterocycles. The van der Waals surface area contributed by atoms with E-state index in [1.54, 1.807) is 6.92 Å². The van der Waals surface area contributed by atoms with E-state index in [0.717, 1.165) is 17.7 Å². The van der Waals surface area contributed by atoms with Crippen LogP contribution < -0.4 is 10.8 Å². The Morgan fingerprint density at radius 1 is 1.12 bits per heavy atom. The summed E-state index contributed by atoms with van der Waals surface area (Å²) in [5, 5.41) is 2.52. The van der Waals surface area contributed by atoms with Gasteiger partial charge >= 0.3 is 12.2 Å². The van der Waals surface area contributed by atoms with Gasteiger partial charge in [-0.2, -0.15) is 13.2 Å². The average molecular weight is 338 g/mol. The second-order valence-electron chi connectivity index (χ2n) is 5.19. The largest absolute Gasteiger partial charge is 0.416 e. The first-order chi connectivity index (χ1) is 11.4. The molecule has 2 N–H and O–H groups in total. The molecule has 2 amide bonds. The summed E-state index contributed by atoms with van der Waals surface area (Å²) in [5.74, 6) is 0. The number of nitrogens with one attached hydrogen (secondary N) is 2. The molecule has 24 heavy (non-hydrogen) atoms. The number of hydrogen-bond donors (Lipinski definition) is 2. The number of carbonyl (C=O) groups is 1. The molecule has 0 fully saturated rings. The number of halogens is 3. The number of hydroxylamine groups is 1. The minimum absolute atomic E-state index is 0.187. The van der Waals surface area contributed by atoms with Crippen molar-refractivity contribution in [2.45, 2.75) is 25.7 Å². The van der Waals surface area contributed by atoms with Gasteiger partial charge in [0, 0.05) is 0 Å². The van der Waals surface area contributed by atoms with Gasteiger partial charge < -0.3 is 5.32 Å². The maximum Gasteiger partial charge on any atom is 0.416 e. The number of alkyl halides is 3. The van der Waals surface area contributed by atoms with E-state index in [0.29, 0.717) is 5.56 Å². The van der Waals surface area contributed by atoms with E-state index in [4.69, 9.17) is 4.84 Å². The Morgan fingerprint density at radius 2 is 1.83 bits per heavy atom. The molecule has 7 heteroatoms. The lowest BCUT2D eigenvalue weighted by Gasteiger charge is -2.16. The fraction of sp³-hybridized carbons (Fsp3) is 0.235. The number of benzene rings is 2. The fourth-order valence-corrected chi connectivity index (χ4v) is 2.05. The third-order valence-corrected chi connectivity index (χ3v) is 3.31. The maximum atomic E-state index is 12.7. The minimum Gasteiger partial charge on any atom is -0.330 e. The van der Waals surface area contributed by atoms with E-state index in [2.05, 4.69) is 10.8 Å². The molecule has 1 unspecified atom stereocenters. The standard InChI is InChI=1S/C17H17F3N2O2/c1-12(14-8-5-9-15(10-14)17(18,19)20)21-16(23)22-24-11-13-6-3-2-4-7-13/h2-10,12H,11H2,1H3,(H2,21,22,23). The first kappa shape index (κ1) is 17.8. The Hall–Kier alpha value is -2.54. The molecule has 0 aliphatic carbocycles. The normalized spacial score (nSPS) is 12.5. The van der Waals surface area contributed by atoms with Crippen LogP contribution in [-0.4, -0.2) is 6.03 Å². The van der Waals surface area contributed by atoms with Crippen molar-refractivity contribution in [3.8, 4) is 0 Å². The molecule has 2 aromatic rings. The van der Waals surface area contributed by atoms with Crippen LogP contribution in [-0.2, 0) is 17.6 Å². The summed E-state index contributed by atoms with van der Waals surface area (Å²) < 4.78 is 38.1. The minimum atomic E-state index is -4.42. The van der Waals surface area contributed by atoms with Crippen molar-refractivity contribution in [1.82, 2.24) is 10.8 Å². The summed E-state index contributed by atoms with van der Waals surface area (Å²) in [7, 11) is 0. The molecule has 2 rings (SSSR count). The van der Waals surface area contributed by atoms with Crippen LogP contribution >= 0.6 is 0 Å². The maximum absolute atomic E-state index is 12.7. The molecular formula is C17H17F3N2O2. The summed E-state index contributed by atoms with van der Waals surface area (Å²) in [4.78, 5) is 16.8. The molecule has 0 saturated carbocycles. The zero-order valence-electron chi connectivity index (χ0n) is 12.9. The van der Waals surface area contributed by atoms with Gasteiger partial charge in [0.1, 0.15) is 0 Å². The Kier molecular flexibility index (Phi) is 5.81. The van der Waals surface area contributed by atoms with Crippen LogP contribution in [0.4, 0.5) is 18.0 Å². The van der Waals surface area contributed by atoms with Crippen molar-refractivity contribution < 1.29 is 22.8 Å². The van der Waals surface area contributed by atoms with Crippen molar-refractivity contribution in [2.75, 3.05) is 0 Å². The van der Waals surface area contributed by atoms with E-state index in [1.165, 1.54) is 12.1 Å². The van der Waals surface area contributed by atoms with Gasteiger partial charge in [-0.3, -0.25) is 4.84 Å². The summed E-state index contributed by atoms with van der Waals surface area (Å²) in [6.07, 6.45) is -4.42. The molecule has 1 atom stereocenters. The van der Waals surface area contributed by atoms with Crippen LogP contribution in [0.25, 0.3) is 0 Å². The average Bonchev–Trinajstić information content (AvgIpc) is 2.55. The first-order valence-electron chi connectivity index (χ1n) is 7.25. The molecule has 2 aromatic carbocycles. The fourth-order valence-electron chi connectivity index (χ4n) is 2.05. The highest BCUT2D eigenvalue weighted by molar-refractivity contribution is 5.73. The van der Waals surface area contributed by atoms with Crippen LogP contribution in [0.1, 0.15) is 29.7 Å². The summed E-state index contributed by atoms with van der Waals surface area (Å²) >= 11 is 0. The molecule has 0 aliphatic rings. The van der Waals surface area contributed by atoms with Gasteiger partial charge in [0.2, 0.25) is 0 Å². The first-order valence-corrected chi connectivity index (χ1v) is 7.25. The van der Waals surface area contributed by atoms with Crippen molar-refractivity contribution in [1.29, 1.82) is 0 Å².